The molecule has 0 fully saturated rings. The summed E-state index contributed by atoms with van der Waals surface area (Å²) in [6.07, 6.45) is 1.51. The normalized spacial score (nSPS) is 11.3. The lowest BCUT2D eigenvalue weighted by atomic mass is 10.1. The number of carbonyl (C=O) groups is 2. The van der Waals surface area contributed by atoms with Gasteiger partial charge in [-0.15, -0.1) is 6.58 Å². The van der Waals surface area contributed by atoms with Crippen LogP contribution in [0.15, 0.2) is 43.0 Å². The minimum Gasteiger partial charge on any atom is -0.479 e. The molecule has 0 spiro atoms. The molecule has 0 radical (unpaired) electrons. The lowest BCUT2D eigenvalue weighted by Gasteiger charge is -2.14. The fourth-order valence-corrected chi connectivity index (χ4v) is 1.28. The fraction of sp³-hybridized carbons (Fsp3) is 0.167. The van der Waals surface area contributed by atoms with E-state index >= 15 is 0 Å². The first-order valence-corrected chi connectivity index (χ1v) is 5.08. The van der Waals surface area contributed by atoms with Gasteiger partial charge in [0.05, 0.1) is 0 Å². The lowest BCUT2D eigenvalue weighted by molar-refractivity contribution is -0.139. The Morgan fingerprint density at radius 2 is 2.00 bits per heavy atom. The maximum atomic E-state index is 11.4. The fourth-order valence-electron chi connectivity index (χ4n) is 1.28. The molecule has 0 aromatic heterocycles. The predicted octanol–water partition coefficient (Wildman–Crippen LogP) is 1.30. The van der Waals surface area contributed by atoms with Gasteiger partial charge in [-0.05, 0) is 5.56 Å². The quantitative estimate of drug-likeness (QED) is 0.672. The number of aliphatic carboxylic acids is 1. The molecule has 0 aliphatic rings. The Bertz CT molecular complexity index is 403. The number of benzene rings is 1. The SMILES string of the molecule is C=CCNC(=O)N[C@H](C(=O)O)c1ccccc1. The molecular weight excluding hydrogens is 220 g/mol. The van der Waals surface area contributed by atoms with Gasteiger partial charge >= 0.3 is 12.0 Å². The topological polar surface area (TPSA) is 78.4 Å². The highest BCUT2D eigenvalue weighted by Crippen LogP contribution is 2.12. The lowest BCUT2D eigenvalue weighted by Crippen LogP contribution is -2.40. The van der Waals surface area contributed by atoms with Crippen LogP contribution in [-0.4, -0.2) is 23.7 Å². The average molecular weight is 234 g/mol. The van der Waals surface area contributed by atoms with E-state index in [9.17, 15) is 9.59 Å². The molecule has 0 saturated heterocycles. The summed E-state index contributed by atoms with van der Waals surface area (Å²) < 4.78 is 0. The third-order valence-electron chi connectivity index (χ3n) is 2.06. The van der Waals surface area contributed by atoms with Crippen LogP contribution in [0.3, 0.4) is 0 Å². The zero-order valence-corrected chi connectivity index (χ0v) is 9.22. The molecule has 3 N–H and O–H groups in total. The van der Waals surface area contributed by atoms with Gasteiger partial charge in [-0.1, -0.05) is 36.4 Å². The van der Waals surface area contributed by atoms with Crippen LogP contribution >= 0.6 is 0 Å². The molecule has 1 atom stereocenters. The van der Waals surface area contributed by atoms with Gasteiger partial charge in [0.2, 0.25) is 0 Å². The second-order valence-corrected chi connectivity index (χ2v) is 3.32. The summed E-state index contributed by atoms with van der Waals surface area (Å²) in [6.45, 7) is 3.73. The number of carbonyl (C=O) groups excluding carboxylic acids is 1. The van der Waals surface area contributed by atoms with Crippen molar-refractivity contribution in [2.75, 3.05) is 6.54 Å². The third-order valence-corrected chi connectivity index (χ3v) is 2.06. The Labute approximate surface area is 99.1 Å². The predicted molar refractivity (Wildman–Crippen MR) is 63.6 cm³/mol. The Morgan fingerprint density at radius 3 is 2.53 bits per heavy atom. The second-order valence-electron chi connectivity index (χ2n) is 3.32. The minimum absolute atomic E-state index is 0.285. The van der Waals surface area contributed by atoms with Crippen molar-refractivity contribution in [2.24, 2.45) is 0 Å². The first kappa shape index (κ1) is 12.8. The molecule has 1 aromatic carbocycles. The van der Waals surface area contributed by atoms with Crippen molar-refractivity contribution >= 4 is 12.0 Å². The van der Waals surface area contributed by atoms with E-state index in [1.54, 1.807) is 30.3 Å². The maximum absolute atomic E-state index is 11.4. The van der Waals surface area contributed by atoms with Gasteiger partial charge in [0.1, 0.15) is 0 Å². The van der Waals surface area contributed by atoms with Gasteiger partial charge in [0.25, 0.3) is 0 Å². The number of amides is 2. The van der Waals surface area contributed by atoms with Gasteiger partial charge in [-0.2, -0.15) is 0 Å². The van der Waals surface area contributed by atoms with Crippen LogP contribution in [0.1, 0.15) is 11.6 Å². The molecule has 17 heavy (non-hydrogen) atoms. The van der Waals surface area contributed by atoms with E-state index in [1.807, 2.05) is 0 Å². The summed E-state index contributed by atoms with van der Waals surface area (Å²) in [5, 5.41) is 13.9. The van der Waals surface area contributed by atoms with Crippen molar-refractivity contribution in [3.8, 4) is 0 Å². The van der Waals surface area contributed by atoms with Crippen molar-refractivity contribution < 1.29 is 14.7 Å². The summed E-state index contributed by atoms with van der Waals surface area (Å²) in [5.41, 5.74) is 0.522. The van der Waals surface area contributed by atoms with E-state index < -0.39 is 18.0 Å². The van der Waals surface area contributed by atoms with Crippen LogP contribution in [-0.2, 0) is 4.79 Å². The zero-order valence-electron chi connectivity index (χ0n) is 9.22. The first-order chi connectivity index (χ1) is 8.15. The molecule has 0 aliphatic carbocycles. The number of hydrogen-bond acceptors (Lipinski definition) is 2. The summed E-state index contributed by atoms with van der Waals surface area (Å²) in [7, 11) is 0. The molecule has 0 bridgehead atoms. The molecular formula is C12H14N2O3. The molecule has 5 nitrogen and oxygen atoms in total. The Hall–Kier alpha value is -2.30. The number of hydrogen-bond donors (Lipinski definition) is 3. The molecule has 2 amide bonds. The smallest absolute Gasteiger partial charge is 0.330 e. The van der Waals surface area contributed by atoms with E-state index in [0.717, 1.165) is 0 Å². The number of carboxylic acid groups (broad SMARTS) is 1. The zero-order chi connectivity index (χ0) is 12.7. The summed E-state index contributed by atoms with van der Waals surface area (Å²) >= 11 is 0. The molecule has 90 valence electrons. The van der Waals surface area contributed by atoms with Crippen LogP contribution < -0.4 is 10.6 Å². The monoisotopic (exact) mass is 234 g/mol. The van der Waals surface area contributed by atoms with E-state index in [1.165, 1.54) is 6.08 Å². The van der Waals surface area contributed by atoms with E-state index in [0.29, 0.717) is 5.56 Å². The summed E-state index contributed by atoms with van der Waals surface area (Å²) in [4.78, 5) is 22.4. The molecule has 1 aromatic rings. The third kappa shape index (κ3) is 3.98. The van der Waals surface area contributed by atoms with Crippen LogP contribution in [0.4, 0.5) is 4.79 Å². The van der Waals surface area contributed by atoms with Crippen LogP contribution in [0.25, 0.3) is 0 Å². The summed E-state index contributed by atoms with van der Waals surface area (Å²) in [6, 6.07) is 6.91. The van der Waals surface area contributed by atoms with Gasteiger partial charge < -0.3 is 15.7 Å². The van der Waals surface area contributed by atoms with E-state index in [-0.39, 0.29) is 6.54 Å². The first-order valence-electron chi connectivity index (χ1n) is 5.08. The molecule has 5 heteroatoms. The van der Waals surface area contributed by atoms with E-state index in [2.05, 4.69) is 17.2 Å². The van der Waals surface area contributed by atoms with E-state index in [4.69, 9.17) is 5.11 Å². The Balaban J connectivity index is 2.71. The molecule has 1 rings (SSSR count). The van der Waals surface area contributed by atoms with Crippen LogP contribution in [0, 0.1) is 0 Å². The highest BCUT2D eigenvalue weighted by molar-refractivity contribution is 5.83. The van der Waals surface area contributed by atoms with Crippen LogP contribution in [0.5, 0.6) is 0 Å². The van der Waals surface area contributed by atoms with Gasteiger partial charge in [-0.3, -0.25) is 0 Å². The van der Waals surface area contributed by atoms with Crippen molar-refractivity contribution in [1.82, 2.24) is 10.6 Å². The van der Waals surface area contributed by atoms with Crippen molar-refractivity contribution in [3.05, 3.63) is 48.6 Å². The molecule has 0 unspecified atom stereocenters. The molecule has 0 heterocycles. The largest absolute Gasteiger partial charge is 0.479 e. The maximum Gasteiger partial charge on any atom is 0.330 e. The highest BCUT2D eigenvalue weighted by Gasteiger charge is 2.21. The van der Waals surface area contributed by atoms with Gasteiger partial charge in [0.15, 0.2) is 6.04 Å². The number of rotatable bonds is 5. The highest BCUT2D eigenvalue weighted by atomic mass is 16.4. The molecule has 0 aliphatic heterocycles. The Kier molecular flexibility index (Phi) is 4.75. The van der Waals surface area contributed by atoms with Crippen molar-refractivity contribution in [3.63, 3.8) is 0 Å². The van der Waals surface area contributed by atoms with Crippen molar-refractivity contribution in [2.45, 2.75) is 6.04 Å². The van der Waals surface area contributed by atoms with Crippen LogP contribution in [0.2, 0.25) is 0 Å². The van der Waals surface area contributed by atoms with Crippen molar-refractivity contribution in [1.29, 1.82) is 0 Å². The summed E-state index contributed by atoms with van der Waals surface area (Å²) in [5.74, 6) is -1.11. The van der Waals surface area contributed by atoms with Gasteiger partial charge in [-0.25, -0.2) is 9.59 Å². The average Bonchev–Trinajstić information content (AvgIpc) is 2.34. The minimum atomic E-state index is -1.11. The number of carboxylic acids is 1. The number of urea groups is 1. The molecule has 0 saturated carbocycles. The second kappa shape index (κ2) is 6.32. The number of nitrogens with one attached hydrogen (secondary N) is 2. The Morgan fingerprint density at radius 1 is 1.35 bits per heavy atom. The van der Waals surface area contributed by atoms with Gasteiger partial charge in [0, 0.05) is 6.54 Å². The standard InChI is InChI=1S/C12H14N2O3/c1-2-8-13-12(17)14-10(11(15)16)9-6-4-3-5-7-9/h2-7,10H,1,8H2,(H,15,16)(H2,13,14,17)/t10-/m0/s1.